The first-order valence-electron chi connectivity index (χ1n) is 8.28. The van der Waals surface area contributed by atoms with Gasteiger partial charge in [-0.15, -0.1) is 0 Å². The van der Waals surface area contributed by atoms with Crippen LogP contribution in [0.1, 0.15) is 70.5 Å². The van der Waals surface area contributed by atoms with Crippen molar-refractivity contribution in [1.29, 1.82) is 0 Å². The quantitative estimate of drug-likeness (QED) is 0.863. The van der Waals surface area contributed by atoms with Crippen molar-refractivity contribution in [2.24, 2.45) is 5.92 Å². The Morgan fingerprint density at radius 3 is 2.76 bits per heavy atom. The lowest BCUT2D eigenvalue weighted by Crippen LogP contribution is -2.35. The fraction of sp³-hybridized carbons (Fsp3) is 0.778. The molecule has 1 saturated carbocycles. The zero-order chi connectivity index (χ0) is 15.5. The molecule has 1 aromatic heterocycles. The number of ether oxygens (including phenoxy) is 1. The number of aryl methyl sites for hydroxylation is 1. The van der Waals surface area contributed by atoms with Crippen molar-refractivity contribution < 1.29 is 9.15 Å². The van der Waals surface area contributed by atoms with Crippen LogP contribution in [0.4, 0.5) is 0 Å². The van der Waals surface area contributed by atoms with Gasteiger partial charge in [0.1, 0.15) is 18.1 Å². The van der Waals surface area contributed by atoms with E-state index in [-0.39, 0.29) is 5.54 Å². The number of rotatable bonds is 5. The second-order valence-corrected chi connectivity index (χ2v) is 7.63. The summed E-state index contributed by atoms with van der Waals surface area (Å²) in [6.07, 6.45) is 5.45. The summed E-state index contributed by atoms with van der Waals surface area (Å²) in [7, 11) is 0. The minimum absolute atomic E-state index is 0.105. The van der Waals surface area contributed by atoms with Gasteiger partial charge in [-0.2, -0.15) is 0 Å². The average Bonchev–Trinajstić information content (AvgIpc) is 2.74. The second-order valence-electron chi connectivity index (χ2n) is 7.63. The third-order valence-electron chi connectivity index (χ3n) is 4.20. The summed E-state index contributed by atoms with van der Waals surface area (Å²) in [5.41, 5.74) is 1.32. The van der Waals surface area contributed by atoms with Gasteiger partial charge < -0.3 is 14.5 Å². The minimum Gasteiger partial charge on any atom is -0.462 e. The van der Waals surface area contributed by atoms with E-state index >= 15 is 0 Å². The maximum absolute atomic E-state index is 6.04. The first-order valence-corrected chi connectivity index (χ1v) is 8.28. The van der Waals surface area contributed by atoms with E-state index in [1.54, 1.807) is 0 Å². The molecular weight excluding hydrogens is 262 g/mol. The monoisotopic (exact) mass is 293 g/mol. The Labute approximate surface area is 129 Å². The summed E-state index contributed by atoms with van der Waals surface area (Å²) in [5.74, 6) is 2.78. The van der Waals surface area contributed by atoms with Crippen LogP contribution in [-0.4, -0.2) is 11.6 Å². The average molecular weight is 293 g/mol. The molecule has 3 heteroatoms. The molecule has 1 N–H and O–H groups in total. The van der Waals surface area contributed by atoms with Gasteiger partial charge in [0, 0.05) is 5.54 Å². The van der Waals surface area contributed by atoms with E-state index in [0.717, 1.165) is 24.0 Å². The molecule has 1 aliphatic carbocycles. The third kappa shape index (κ3) is 5.48. The van der Waals surface area contributed by atoms with Crippen molar-refractivity contribution in [1.82, 2.24) is 5.32 Å². The highest BCUT2D eigenvalue weighted by Crippen LogP contribution is 2.27. The Kier molecular flexibility index (Phi) is 5.50. The predicted molar refractivity (Wildman–Crippen MR) is 86.2 cm³/mol. The molecule has 0 radical (unpaired) electrons. The van der Waals surface area contributed by atoms with Gasteiger partial charge in [0.2, 0.25) is 0 Å². The van der Waals surface area contributed by atoms with Gasteiger partial charge in [0.25, 0.3) is 0 Å². The molecule has 1 aromatic rings. The summed E-state index contributed by atoms with van der Waals surface area (Å²) < 4.78 is 12.0. The van der Waals surface area contributed by atoms with Crippen molar-refractivity contribution in [3.63, 3.8) is 0 Å². The third-order valence-corrected chi connectivity index (χ3v) is 4.20. The van der Waals surface area contributed by atoms with Gasteiger partial charge >= 0.3 is 0 Å². The molecule has 1 fully saturated rings. The summed E-state index contributed by atoms with van der Waals surface area (Å²) >= 11 is 0. The van der Waals surface area contributed by atoms with Crippen molar-refractivity contribution in [2.45, 2.75) is 85.1 Å². The van der Waals surface area contributed by atoms with Crippen LogP contribution in [0.3, 0.4) is 0 Å². The largest absolute Gasteiger partial charge is 0.462 e. The van der Waals surface area contributed by atoms with Crippen LogP contribution in [0, 0.1) is 12.8 Å². The van der Waals surface area contributed by atoms with E-state index < -0.39 is 0 Å². The van der Waals surface area contributed by atoms with Crippen LogP contribution in [0.15, 0.2) is 10.5 Å². The van der Waals surface area contributed by atoms with Crippen LogP contribution in [-0.2, 0) is 17.9 Å². The SMILES string of the molecule is Cc1cc(COC2CCCC(C)C2)oc1CNC(C)(C)C. The second kappa shape index (κ2) is 6.97. The van der Waals surface area contributed by atoms with Gasteiger partial charge in [-0.05, 0) is 58.1 Å². The standard InChI is InChI=1S/C18H31NO2/c1-13-7-6-8-15(9-13)20-12-16-10-14(2)17(21-16)11-19-18(3,4)5/h10,13,15,19H,6-9,11-12H2,1-5H3. The Morgan fingerprint density at radius 2 is 2.10 bits per heavy atom. The van der Waals surface area contributed by atoms with Crippen LogP contribution in [0.2, 0.25) is 0 Å². The fourth-order valence-corrected chi connectivity index (χ4v) is 2.91. The van der Waals surface area contributed by atoms with Gasteiger partial charge in [-0.25, -0.2) is 0 Å². The van der Waals surface area contributed by atoms with Gasteiger partial charge in [-0.3, -0.25) is 0 Å². The first kappa shape index (κ1) is 16.6. The van der Waals surface area contributed by atoms with E-state index in [0.29, 0.717) is 12.7 Å². The predicted octanol–water partition coefficient (Wildman–Crippen LogP) is 4.57. The van der Waals surface area contributed by atoms with Gasteiger partial charge in [0.05, 0.1) is 12.6 Å². The van der Waals surface area contributed by atoms with E-state index in [1.807, 2.05) is 0 Å². The lowest BCUT2D eigenvalue weighted by atomic mass is 9.89. The number of hydrogen-bond acceptors (Lipinski definition) is 3. The maximum Gasteiger partial charge on any atom is 0.130 e. The van der Waals surface area contributed by atoms with Crippen LogP contribution < -0.4 is 5.32 Å². The van der Waals surface area contributed by atoms with Crippen molar-refractivity contribution in [3.05, 3.63) is 23.2 Å². The Hall–Kier alpha value is -0.800. The van der Waals surface area contributed by atoms with Gasteiger partial charge in [0.15, 0.2) is 0 Å². The van der Waals surface area contributed by atoms with Crippen molar-refractivity contribution in [2.75, 3.05) is 0 Å². The van der Waals surface area contributed by atoms with Crippen molar-refractivity contribution in [3.8, 4) is 0 Å². The highest BCUT2D eigenvalue weighted by Gasteiger charge is 2.20. The molecule has 0 amide bonds. The maximum atomic E-state index is 6.04. The van der Waals surface area contributed by atoms with Crippen LogP contribution in [0.5, 0.6) is 0 Å². The molecule has 21 heavy (non-hydrogen) atoms. The Balaban J connectivity index is 1.84. The van der Waals surface area contributed by atoms with E-state index in [4.69, 9.17) is 9.15 Å². The molecule has 3 nitrogen and oxygen atoms in total. The highest BCUT2D eigenvalue weighted by atomic mass is 16.5. The number of nitrogens with one attached hydrogen (secondary N) is 1. The zero-order valence-corrected chi connectivity index (χ0v) is 14.3. The smallest absolute Gasteiger partial charge is 0.130 e. The topological polar surface area (TPSA) is 34.4 Å². The Bertz CT molecular complexity index is 445. The normalized spacial score (nSPS) is 23.5. The molecule has 0 bridgehead atoms. The summed E-state index contributed by atoms with van der Waals surface area (Å²) in [5, 5.41) is 3.47. The van der Waals surface area contributed by atoms with E-state index in [1.165, 1.54) is 31.2 Å². The molecule has 120 valence electrons. The lowest BCUT2D eigenvalue weighted by Gasteiger charge is -2.26. The van der Waals surface area contributed by atoms with Crippen LogP contribution >= 0.6 is 0 Å². The summed E-state index contributed by atoms with van der Waals surface area (Å²) in [6, 6.07) is 2.12. The van der Waals surface area contributed by atoms with Crippen LogP contribution in [0.25, 0.3) is 0 Å². The van der Waals surface area contributed by atoms with Crippen molar-refractivity contribution >= 4 is 0 Å². The molecule has 0 spiro atoms. The molecule has 2 atom stereocenters. The lowest BCUT2D eigenvalue weighted by molar-refractivity contribution is -0.00302. The minimum atomic E-state index is 0.105. The number of furan rings is 1. The number of hydrogen-bond donors (Lipinski definition) is 1. The molecule has 1 heterocycles. The van der Waals surface area contributed by atoms with E-state index in [2.05, 4.69) is 46.0 Å². The summed E-state index contributed by atoms with van der Waals surface area (Å²) in [6.45, 7) is 12.3. The van der Waals surface area contributed by atoms with Gasteiger partial charge in [-0.1, -0.05) is 19.8 Å². The zero-order valence-electron chi connectivity index (χ0n) is 14.3. The molecular formula is C18H31NO2. The molecule has 2 rings (SSSR count). The van der Waals surface area contributed by atoms with E-state index in [9.17, 15) is 0 Å². The first-order chi connectivity index (χ1) is 9.83. The molecule has 0 aromatic carbocycles. The summed E-state index contributed by atoms with van der Waals surface area (Å²) in [4.78, 5) is 0. The fourth-order valence-electron chi connectivity index (χ4n) is 2.91. The highest BCUT2D eigenvalue weighted by molar-refractivity contribution is 5.19. The molecule has 1 aliphatic rings. The molecule has 0 saturated heterocycles. The Morgan fingerprint density at radius 1 is 1.33 bits per heavy atom. The molecule has 2 unspecified atom stereocenters. The molecule has 0 aliphatic heterocycles.